The van der Waals surface area contributed by atoms with Crippen molar-refractivity contribution >= 4 is 5.91 Å². The number of aliphatic hydroxyl groups excluding tert-OH is 3. The number of hydrogen-bond acceptors (Lipinski definition) is 7. The Morgan fingerprint density at radius 1 is 1.24 bits per heavy atom. The van der Waals surface area contributed by atoms with E-state index in [0.29, 0.717) is 0 Å². The van der Waals surface area contributed by atoms with Gasteiger partial charge < -0.3 is 25.8 Å². The van der Waals surface area contributed by atoms with Gasteiger partial charge >= 0.3 is 0 Å². The molecule has 2 aromatic rings. The highest BCUT2D eigenvalue weighted by atomic mass is 16.6. The predicted molar refractivity (Wildman–Crippen MR) is 84.0 cm³/mol. The molecule has 5 N–H and O–H groups in total. The van der Waals surface area contributed by atoms with Gasteiger partial charge in [-0.1, -0.05) is 24.1 Å². The molecule has 1 aliphatic heterocycles. The molecule has 0 saturated carbocycles. The monoisotopic (exact) mass is 344 g/mol. The fourth-order valence-electron chi connectivity index (χ4n) is 2.45. The third kappa shape index (κ3) is 3.38. The van der Waals surface area contributed by atoms with Crippen LogP contribution < -0.4 is 5.73 Å². The van der Waals surface area contributed by atoms with Crippen molar-refractivity contribution in [1.29, 1.82) is 0 Å². The molecule has 1 aromatic carbocycles. The fraction of sp³-hybridized carbons (Fsp3) is 0.312. The molecule has 1 fully saturated rings. The Bertz CT molecular complexity index is 826. The van der Waals surface area contributed by atoms with E-state index < -0.39 is 37.1 Å². The highest BCUT2D eigenvalue weighted by Crippen LogP contribution is 2.29. The second-order valence-electron chi connectivity index (χ2n) is 5.41. The molecule has 1 saturated heterocycles. The highest BCUT2D eigenvalue weighted by Gasteiger charge is 2.45. The van der Waals surface area contributed by atoms with Gasteiger partial charge in [0.25, 0.3) is 5.91 Å². The average molecular weight is 344 g/mol. The van der Waals surface area contributed by atoms with Gasteiger partial charge in [-0.3, -0.25) is 4.79 Å². The number of carbonyl (C=O) groups is 1. The summed E-state index contributed by atoms with van der Waals surface area (Å²) in [6.45, 7) is -0.504. The van der Waals surface area contributed by atoms with E-state index in [2.05, 4.69) is 21.9 Å². The summed E-state index contributed by atoms with van der Waals surface area (Å²) in [5.41, 5.74) is 6.02. The molecular formula is C16H16N4O5. The van der Waals surface area contributed by atoms with Crippen molar-refractivity contribution < 1.29 is 24.9 Å². The zero-order valence-electron chi connectivity index (χ0n) is 13.0. The number of ether oxygens (including phenoxy) is 1. The first-order valence-electron chi connectivity index (χ1n) is 7.47. The normalized spacial score (nSPS) is 25.4. The number of hydrogen-bond donors (Lipinski definition) is 4. The molecule has 0 aliphatic carbocycles. The number of rotatable bonds is 3. The quantitative estimate of drug-likeness (QED) is 0.490. The lowest BCUT2D eigenvalue weighted by atomic mass is 10.1. The SMILES string of the molecule is NC(=O)c1nc(C#Cc2ccccc2)nn1[C@@H]1O[C@H](CO)[C@@H](O)[C@H]1O. The summed E-state index contributed by atoms with van der Waals surface area (Å²) in [5.74, 6) is 4.39. The van der Waals surface area contributed by atoms with Crippen LogP contribution in [0.15, 0.2) is 30.3 Å². The highest BCUT2D eigenvalue weighted by molar-refractivity contribution is 5.89. The Hall–Kier alpha value is -2.77. The van der Waals surface area contributed by atoms with Crippen LogP contribution in [0, 0.1) is 11.8 Å². The molecule has 9 heteroatoms. The first kappa shape index (κ1) is 17.1. The molecule has 0 unspecified atom stereocenters. The van der Waals surface area contributed by atoms with E-state index in [-0.39, 0.29) is 11.6 Å². The van der Waals surface area contributed by atoms with Gasteiger partial charge in [-0.2, -0.15) is 4.98 Å². The Kier molecular flexibility index (Phi) is 4.78. The van der Waals surface area contributed by atoms with Gasteiger partial charge in [-0.25, -0.2) is 4.68 Å². The maximum absolute atomic E-state index is 11.6. The van der Waals surface area contributed by atoms with Gasteiger partial charge in [0.15, 0.2) is 6.23 Å². The van der Waals surface area contributed by atoms with E-state index in [4.69, 9.17) is 15.6 Å². The number of nitrogens with zero attached hydrogens (tertiary/aromatic N) is 3. The number of nitrogens with two attached hydrogens (primary N) is 1. The molecule has 2 heterocycles. The number of aromatic nitrogens is 3. The van der Waals surface area contributed by atoms with Crippen LogP contribution in [0.2, 0.25) is 0 Å². The van der Waals surface area contributed by atoms with Crippen molar-refractivity contribution in [2.75, 3.05) is 6.61 Å². The van der Waals surface area contributed by atoms with E-state index in [9.17, 15) is 15.0 Å². The molecule has 25 heavy (non-hydrogen) atoms. The van der Waals surface area contributed by atoms with Crippen LogP contribution in [0.25, 0.3) is 0 Å². The van der Waals surface area contributed by atoms with Crippen LogP contribution in [0.3, 0.4) is 0 Å². The molecular weight excluding hydrogens is 328 g/mol. The minimum absolute atomic E-state index is 0.00962. The lowest BCUT2D eigenvalue weighted by molar-refractivity contribution is -0.0595. The van der Waals surface area contributed by atoms with E-state index in [1.807, 2.05) is 18.2 Å². The number of primary amides is 1. The minimum atomic E-state index is -1.41. The van der Waals surface area contributed by atoms with E-state index >= 15 is 0 Å². The molecule has 3 rings (SSSR count). The van der Waals surface area contributed by atoms with Crippen molar-refractivity contribution in [3.05, 3.63) is 47.5 Å². The Labute approximate surface area is 142 Å². The van der Waals surface area contributed by atoms with Gasteiger partial charge in [0, 0.05) is 5.56 Å². The lowest BCUT2D eigenvalue weighted by Crippen LogP contribution is -2.34. The van der Waals surface area contributed by atoms with Crippen LogP contribution in [-0.2, 0) is 4.74 Å². The maximum atomic E-state index is 11.6. The summed E-state index contributed by atoms with van der Waals surface area (Å²) >= 11 is 0. The number of amides is 1. The zero-order chi connectivity index (χ0) is 18.0. The van der Waals surface area contributed by atoms with Crippen LogP contribution in [0.1, 0.15) is 28.2 Å². The largest absolute Gasteiger partial charge is 0.394 e. The lowest BCUT2D eigenvalue weighted by Gasteiger charge is -2.15. The topological polar surface area (TPSA) is 144 Å². The standard InChI is InChI=1S/C16H16N4O5/c17-14(24)15-18-11(7-6-9-4-2-1-3-5-9)19-20(15)16-13(23)12(22)10(8-21)25-16/h1-5,10,12-13,16,21-23H,8H2,(H2,17,24)/t10-,12-,13-,16-/m1/s1. The van der Waals surface area contributed by atoms with Gasteiger partial charge in [-0.05, 0) is 18.1 Å². The van der Waals surface area contributed by atoms with Crippen LogP contribution in [0.5, 0.6) is 0 Å². The third-order valence-corrected chi connectivity index (χ3v) is 3.70. The van der Waals surface area contributed by atoms with Gasteiger partial charge in [0.1, 0.15) is 18.3 Å². The third-order valence-electron chi connectivity index (χ3n) is 3.70. The summed E-state index contributed by atoms with van der Waals surface area (Å²) < 4.78 is 6.32. The summed E-state index contributed by atoms with van der Waals surface area (Å²) in [6, 6.07) is 9.09. The van der Waals surface area contributed by atoms with Crippen molar-refractivity contribution in [3.8, 4) is 11.8 Å². The summed E-state index contributed by atoms with van der Waals surface area (Å²) in [4.78, 5) is 15.6. The Balaban J connectivity index is 1.94. The van der Waals surface area contributed by atoms with Gasteiger partial charge in [0.05, 0.1) is 6.61 Å². The van der Waals surface area contributed by atoms with Crippen molar-refractivity contribution in [3.63, 3.8) is 0 Å². The molecule has 0 bridgehead atoms. The summed E-state index contributed by atoms with van der Waals surface area (Å²) in [6.07, 6.45) is -4.97. The molecule has 1 aromatic heterocycles. The minimum Gasteiger partial charge on any atom is -0.394 e. The molecule has 0 radical (unpaired) electrons. The van der Waals surface area contributed by atoms with Crippen molar-refractivity contribution in [1.82, 2.24) is 14.8 Å². The molecule has 1 amide bonds. The smallest absolute Gasteiger partial charge is 0.286 e. The Morgan fingerprint density at radius 3 is 2.56 bits per heavy atom. The molecule has 4 atom stereocenters. The molecule has 1 aliphatic rings. The Morgan fingerprint density at radius 2 is 1.96 bits per heavy atom. The van der Waals surface area contributed by atoms with Crippen LogP contribution in [-0.4, -0.2) is 60.9 Å². The first-order valence-corrected chi connectivity index (χ1v) is 7.47. The van der Waals surface area contributed by atoms with E-state index in [1.165, 1.54) is 0 Å². The second-order valence-corrected chi connectivity index (χ2v) is 5.41. The second kappa shape index (κ2) is 7.00. The van der Waals surface area contributed by atoms with Crippen LogP contribution in [0.4, 0.5) is 0 Å². The molecule has 0 spiro atoms. The first-order chi connectivity index (χ1) is 12.0. The molecule has 130 valence electrons. The predicted octanol–water partition coefficient (Wildman–Crippen LogP) is -1.61. The fourth-order valence-corrected chi connectivity index (χ4v) is 2.45. The number of aliphatic hydroxyl groups is 3. The maximum Gasteiger partial charge on any atom is 0.286 e. The van der Waals surface area contributed by atoms with E-state index in [0.717, 1.165) is 10.2 Å². The van der Waals surface area contributed by atoms with Crippen LogP contribution >= 0.6 is 0 Å². The number of carbonyl (C=O) groups excluding carboxylic acids is 1. The van der Waals surface area contributed by atoms with Crippen molar-refractivity contribution in [2.24, 2.45) is 5.73 Å². The summed E-state index contributed by atoms with van der Waals surface area (Å²) in [7, 11) is 0. The summed E-state index contributed by atoms with van der Waals surface area (Å²) in [5, 5.41) is 33.1. The molecule has 9 nitrogen and oxygen atoms in total. The zero-order valence-corrected chi connectivity index (χ0v) is 13.0. The van der Waals surface area contributed by atoms with E-state index in [1.54, 1.807) is 12.1 Å². The van der Waals surface area contributed by atoms with Gasteiger partial charge in [-0.15, -0.1) is 5.10 Å². The van der Waals surface area contributed by atoms with Gasteiger partial charge in [0.2, 0.25) is 11.6 Å². The average Bonchev–Trinajstić information content (AvgIpc) is 3.16. The number of benzene rings is 1. The van der Waals surface area contributed by atoms with Crippen molar-refractivity contribution in [2.45, 2.75) is 24.5 Å².